The Labute approximate surface area is 154 Å². The van der Waals surface area contributed by atoms with E-state index >= 15 is 0 Å². The summed E-state index contributed by atoms with van der Waals surface area (Å²) in [5.74, 6) is 0.214. The molecular weight excluding hydrogens is 361 g/mol. The predicted octanol–water partition coefficient (Wildman–Crippen LogP) is 3.56. The van der Waals surface area contributed by atoms with Crippen LogP contribution in [0.2, 0.25) is 0 Å². The number of halogens is 3. The molecule has 144 valence electrons. The molecule has 2 aromatic carbocycles. The maximum absolute atomic E-state index is 12.6. The van der Waals surface area contributed by atoms with Crippen molar-refractivity contribution in [3.05, 3.63) is 54.1 Å². The molecule has 8 heteroatoms. The monoisotopic (exact) mass is 380 g/mol. The number of carbonyl (C=O) groups is 1. The number of alkyl halides is 3. The zero-order chi connectivity index (χ0) is 19.4. The highest BCUT2D eigenvalue weighted by molar-refractivity contribution is 5.94. The van der Waals surface area contributed by atoms with Crippen molar-refractivity contribution in [1.29, 1.82) is 0 Å². The van der Waals surface area contributed by atoms with E-state index in [1.165, 1.54) is 12.1 Å². The summed E-state index contributed by atoms with van der Waals surface area (Å²) >= 11 is 0. The molecule has 27 heavy (non-hydrogen) atoms. The average molecular weight is 380 g/mol. The Morgan fingerprint density at radius 1 is 0.963 bits per heavy atom. The fraction of sp³-hybridized carbons (Fsp3) is 0.316. The number of nitrogens with zero attached hydrogens (tertiary/aromatic N) is 2. The molecule has 1 aliphatic heterocycles. The molecule has 0 aliphatic carbocycles. The molecule has 0 N–H and O–H groups in total. The summed E-state index contributed by atoms with van der Waals surface area (Å²) in [5, 5.41) is 0. The van der Waals surface area contributed by atoms with Gasteiger partial charge in [-0.05, 0) is 36.4 Å². The molecule has 0 atom stereocenters. The Morgan fingerprint density at radius 3 is 2.19 bits per heavy atom. The van der Waals surface area contributed by atoms with Gasteiger partial charge in [-0.2, -0.15) is 0 Å². The van der Waals surface area contributed by atoms with Crippen molar-refractivity contribution in [2.75, 3.05) is 38.2 Å². The van der Waals surface area contributed by atoms with E-state index in [0.717, 1.165) is 23.6 Å². The van der Waals surface area contributed by atoms with Crippen LogP contribution in [0.25, 0.3) is 0 Å². The quantitative estimate of drug-likeness (QED) is 0.814. The van der Waals surface area contributed by atoms with E-state index in [2.05, 4.69) is 9.64 Å². The van der Waals surface area contributed by atoms with E-state index < -0.39 is 6.36 Å². The lowest BCUT2D eigenvalue weighted by molar-refractivity contribution is -0.274. The van der Waals surface area contributed by atoms with Gasteiger partial charge in [-0.25, -0.2) is 0 Å². The maximum atomic E-state index is 12.6. The summed E-state index contributed by atoms with van der Waals surface area (Å²) in [6.45, 7) is 2.30. The normalized spacial score (nSPS) is 14.8. The van der Waals surface area contributed by atoms with Crippen molar-refractivity contribution in [3.63, 3.8) is 0 Å². The van der Waals surface area contributed by atoms with Crippen LogP contribution in [-0.2, 0) is 0 Å². The van der Waals surface area contributed by atoms with E-state index in [0.29, 0.717) is 31.7 Å². The standard InChI is InChI=1S/C19H19F3N2O3/c1-26-17-5-3-2-4-16(17)23-10-12-24(13-11-23)18(25)14-6-8-15(9-7-14)27-19(20,21)22/h2-9H,10-13H2,1H3. The fourth-order valence-corrected chi connectivity index (χ4v) is 3.02. The molecule has 3 rings (SSSR count). The zero-order valence-corrected chi connectivity index (χ0v) is 14.7. The molecule has 0 saturated carbocycles. The van der Waals surface area contributed by atoms with Crippen LogP contribution in [0.5, 0.6) is 11.5 Å². The number of para-hydroxylation sites is 2. The van der Waals surface area contributed by atoms with E-state index in [9.17, 15) is 18.0 Å². The third-order valence-electron chi connectivity index (χ3n) is 4.33. The van der Waals surface area contributed by atoms with Crippen molar-refractivity contribution < 1.29 is 27.4 Å². The second-order valence-corrected chi connectivity index (χ2v) is 6.02. The molecule has 1 fully saturated rings. The van der Waals surface area contributed by atoms with E-state index in [1.54, 1.807) is 12.0 Å². The molecule has 0 aromatic heterocycles. The number of rotatable bonds is 4. The number of benzene rings is 2. The fourth-order valence-electron chi connectivity index (χ4n) is 3.02. The van der Waals surface area contributed by atoms with Gasteiger partial charge in [0.05, 0.1) is 12.8 Å². The van der Waals surface area contributed by atoms with Gasteiger partial charge in [0.2, 0.25) is 0 Å². The summed E-state index contributed by atoms with van der Waals surface area (Å²) in [5.41, 5.74) is 1.30. The van der Waals surface area contributed by atoms with Crippen LogP contribution in [0, 0.1) is 0 Å². The summed E-state index contributed by atoms with van der Waals surface area (Å²) in [6, 6.07) is 12.7. The van der Waals surface area contributed by atoms with Gasteiger partial charge in [0.15, 0.2) is 0 Å². The van der Waals surface area contributed by atoms with Crippen molar-refractivity contribution in [2.45, 2.75) is 6.36 Å². The summed E-state index contributed by atoms with van der Waals surface area (Å²) < 4.78 is 45.8. The predicted molar refractivity (Wildman–Crippen MR) is 94.2 cm³/mol. The van der Waals surface area contributed by atoms with Crippen LogP contribution in [0.3, 0.4) is 0 Å². The Hall–Kier alpha value is -2.90. The summed E-state index contributed by atoms with van der Waals surface area (Å²) in [7, 11) is 1.62. The van der Waals surface area contributed by atoms with Crippen molar-refractivity contribution >= 4 is 11.6 Å². The second-order valence-electron chi connectivity index (χ2n) is 6.02. The summed E-state index contributed by atoms with van der Waals surface area (Å²) in [4.78, 5) is 16.4. The van der Waals surface area contributed by atoms with Gasteiger partial charge in [0.1, 0.15) is 11.5 Å². The molecule has 1 saturated heterocycles. The molecule has 5 nitrogen and oxygen atoms in total. The number of methoxy groups -OCH3 is 1. The van der Waals surface area contributed by atoms with Gasteiger partial charge < -0.3 is 19.3 Å². The van der Waals surface area contributed by atoms with Gasteiger partial charge in [0.25, 0.3) is 5.91 Å². The lowest BCUT2D eigenvalue weighted by Crippen LogP contribution is -2.48. The minimum Gasteiger partial charge on any atom is -0.495 e. The third-order valence-corrected chi connectivity index (χ3v) is 4.33. The molecular formula is C19H19F3N2O3. The number of piperazine rings is 1. The highest BCUT2D eigenvalue weighted by Gasteiger charge is 2.31. The topological polar surface area (TPSA) is 42.0 Å². The molecule has 1 heterocycles. The van der Waals surface area contributed by atoms with Gasteiger partial charge in [-0.1, -0.05) is 12.1 Å². The number of amides is 1. The minimum absolute atomic E-state index is 0.215. The third kappa shape index (κ3) is 4.64. The number of anilines is 1. The first-order chi connectivity index (χ1) is 12.9. The van der Waals surface area contributed by atoms with Gasteiger partial charge >= 0.3 is 6.36 Å². The largest absolute Gasteiger partial charge is 0.573 e. The Kier molecular flexibility index (Phi) is 5.43. The molecule has 1 amide bonds. The van der Waals surface area contributed by atoms with Gasteiger partial charge in [-0.3, -0.25) is 4.79 Å². The van der Waals surface area contributed by atoms with Crippen LogP contribution in [-0.4, -0.2) is 50.5 Å². The van der Waals surface area contributed by atoms with Crippen LogP contribution in [0.15, 0.2) is 48.5 Å². The summed E-state index contributed by atoms with van der Waals surface area (Å²) in [6.07, 6.45) is -4.75. The van der Waals surface area contributed by atoms with E-state index in [1.807, 2.05) is 24.3 Å². The molecule has 2 aromatic rings. The first kappa shape index (κ1) is 18.9. The zero-order valence-electron chi connectivity index (χ0n) is 14.7. The van der Waals surface area contributed by atoms with Crippen molar-refractivity contribution in [1.82, 2.24) is 4.90 Å². The number of carbonyl (C=O) groups excluding carboxylic acids is 1. The number of hydrogen-bond donors (Lipinski definition) is 0. The molecule has 0 radical (unpaired) electrons. The first-order valence-electron chi connectivity index (χ1n) is 8.40. The van der Waals surface area contributed by atoms with Crippen LogP contribution in [0.1, 0.15) is 10.4 Å². The second kappa shape index (κ2) is 7.77. The molecule has 0 spiro atoms. The van der Waals surface area contributed by atoms with Crippen molar-refractivity contribution in [2.24, 2.45) is 0 Å². The van der Waals surface area contributed by atoms with Gasteiger partial charge in [-0.15, -0.1) is 13.2 Å². The Balaban J connectivity index is 1.61. The number of ether oxygens (including phenoxy) is 2. The number of hydrogen-bond acceptors (Lipinski definition) is 4. The van der Waals surface area contributed by atoms with E-state index in [-0.39, 0.29) is 11.7 Å². The first-order valence-corrected chi connectivity index (χ1v) is 8.40. The van der Waals surface area contributed by atoms with Crippen LogP contribution in [0.4, 0.5) is 18.9 Å². The molecule has 0 unspecified atom stereocenters. The minimum atomic E-state index is -4.75. The maximum Gasteiger partial charge on any atom is 0.573 e. The van der Waals surface area contributed by atoms with Crippen LogP contribution < -0.4 is 14.4 Å². The van der Waals surface area contributed by atoms with Gasteiger partial charge in [0, 0.05) is 31.7 Å². The van der Waals surface area contributed by atoms with E-state index in [4.69, 9.17) is 4.74 Å². The smallest absolute Gasteiger partial charge is 0.495 e. The Bertz CT molecular complexity index is 786. The highest BCUT2D eigenvalue weighted by Crippen LogP contribution is 2.29. The van der Waals surface area contributed by atoms with Crippen molar-refractivity contribution in [3.8, 4) is 11.5 Å². The highest BCUT2D eigenvalue weighted by atomic mass is 19.4. The molecule has 0 bridgehead atoms. The lowest BCUT2D eigenvalue weighted by Gasteiger charge is -2.36. The average Bonchev–Trinajstić information content (AvgIpc) is 2.67. The Morgan fingerprint density at radius 2 is 1.59 bits per heavy atom. The SMILES string of the molecule is COc1ccccc1N1CCN(C(=O)c2ccc(OC(F)(F)F)cc2)CC1. The van der Waals surface area contributed by atoms with Crippen LogP contribution >= 0.6 is 0 Å². The molecule has 1 aliphatic rings. The lowest BCUT2D eigenvalue weighted by atomic mass is 10.1.